The Hall–Kier alpha value is -1.71. The molecule has 0 radical (unpaired) electrons. The van der Waals surface area contributed by atoms with Gasteiger partial charge in [0.1, 0.15) is 23.8 Å². The summed E-state index contributed by atoms with van der Waals surface area (Å²) < 4.78 is 5.75. The minimum absolute atomic E-state index is 0.0116. The van der Waals surface area contributed by atoms with E-state index in [1.807, 2.05) is 0 Å². The van der Waals surface area contributed by atoms with E-state index in [0.29, 0.717) is 18.0 Å². The first-order chi connectivity index (χ1) is 8.71. The molecule has 4 heteroatoms. The van der Waals surface area contributed by atoms with Crippen LogP contribution in [-0.4, -0.2) is 17.6 Å². The zero-order valence-electron chi connectivity index (χ0n) is 10.2. The molecule has 1 aromatic carbocycles. The van der Waals surface area contributed by atoms with Crippen molar-refractivity contribution in [2.75, 3.05) is 11.9 Å². The molecular weight excluding hydrogens is 230 g/mol. The predicted octanol–water partition coefficient (Wildman–Crippen LogP) is 2.67. The van der Waals surface area contributed by atoms with Crippen LogP contribution < -0.4 is 10.1 Å². The molecule has 96 valence electrons. The van der Waals surface area contributed by atoms with E-state index in [2.05, 4.69) is 5.32 Å². The number of aromatic hydroxyl groups is 1. The molecule has 1 aliphatic carbocycles. The molecule has 0 atom stereocenters. The summed E-state index contributed by atoms with van der Waals surface area (Å²) in [6, 6.07) is 5.05. The summed E-state index contributed by atoms with van der Waals surface area (Å²) in [4.78, 5) is 12.4. The number of carbonyl (C=O) groups is 1. The minimum Gasteiger partial charge on any atom is -0.506 e. The van der Waals surface area contributed by atoms with E-state index in [1.165, 1.54) is 6.42 Å². The van der Waals surface area contributed by atoms with Gasteiger partial charge in [-0.15, -0.1) is 0 Å². The van der Waals surface area contributed by atoms with E-state index >= 15 is 0 Å². The Labute approximate surface area is 106 Å². The molecule has 2 N–H and O–H groups in total. The molecule has 0 saturated heterocycles. The van der Waals surface area contributed by atoms with Crippen LogP contribution in [0, 0.1) is 5.41 Å². The summed E-state index contributed by atoms with van der Waals surface area (Å²) in [7, 11) is 0. The molecule has 1 heterocycles. The van der Waals surface area contributed by atoms with Crippen LogP contribution in [0.4, 0.5) is 5.69 Å². The van der Waals surface area contributed by atoms with Gasteiger partial charge >= 0.3 is 0 Å². The van der Waals surface area contributed by atoms with Crippen molar-refractivity contribution in [2.45, 2.75) is 32.1 Å². The molecule has 3 rings (SSSR count). The van der Waals surface area contributed by atoms with Crippen LogP contribution in [0.2, 0.25) is 0 Å². The molecular formula is C14H17NO3. The lowest BCUT2D eigenvalue weighted by Gasteiger charge is -2.33. The number of rotatable bonds is 0. The maximum absolute atomic E-state index is 12.4. The first-order valence-corrected chi connectivity index (χ1v) is 6.48. The Morgan fingerprint density at radius 1 is 1.22 bits per heavy atom. The summed E-state index contributed by atoms with van der Waals surface area (Å²) >= 11 is 0. The molecule has 2 aliphatic rings. The van der Waals surface area contributed by atoms with Gasteiger partial charge in [-0.1, -0.05) is 25.3 Å². The van der Waals surface area contributed by atoms with Gasteiger partial charge in [0.25, 0.3) is 0 Å². The number of amides is 1. The number of ether oxygens (including phenoxy) is 1. The minimum atomic E-state index is -0.413. The quantitative estimate of drug-likeness (QED) is 0.693. The summed E-state index contributed by atoms with van der Waals surface area (Å²) in [6.07, 6.45) is 5.06. The van der Waals surface area contributed by atoms with Crippen molar-refractivity contribution in [1.82, 2.24) is 0 Å². The third kappa shape index (κ3) is 1.72. The van der Waals surface area contributed by atoms with Gasteiger partial charge in [0.05, 0.1) is 5.41 Å². The topological polar surface area (TPSA) is 58.6 Å². The molecule has 1 saturated carbocycles. The van der Waals surface area contributed by atoms with Gasteiger partial charge in [0.15, 0.2) is 0 Å². The van der Waals surface area contributed by atoms with Crippen molar-refractivity contribution in [1.29, 1.82) is 0 Å². The highest BCUT2D eigenvalue weighted by Crippen LogP contribution is 2.43. The number of para-hydroxylation sites is 1. The average molecular weight is 247 g/mol. The lowest BCUT2D eigenvalue weighted by atomic mass is 9.74. The van der Waals surface area contributed by atoms with Crippen LogP contribution in [-0.2, 0) is 4.79 Å². The van der Waals surface area contributed by atoms with Crippen LogP contribution in [0.15, 0.2) is 18.2 Å². The highest BCUT2D eigenvalue weighted by Gasteiger charge is 2.42. The fourth-order valence-corrected chi connectivity index (χ4v) is 2.89. The molecule has 1 aliphatic heterocycles. The predicted molar refractivity (Wildman–Crippen MR) is 67.7 cm³/mol. The monoisotopic (exact) mass is 247 g/mol. The van der Waals surface area contributed by atoms with Gasteiger partial charge in [-0.3, -0.25) is 4.79 Å². The Bertz CT molecular complexity index is 478. The Kier molecular flexibility index (Phi) is 2.65. The largest absolute Gasteiger partial charge is 0.506 e. The summed E-state index contributed by atoms with van der Waals surface area (Å²) in [5, 5.41) is 12.6. The maximum atomic E-state index is 12.4. The Morgan fingerprint density at radius 2 is 2.00 bits per heavy atom. The van der Waals surface area contributed by atoms with Gasteiger partial charge in [0.2, 0.25) is 5.91 Å². The van der Waals surface area contributed by atoms with Gasteiger partial charge in [-0.25, -0.2) is 0 Å². The zero-order chi connectivity index (χ0) is 12.6. The normalized spacial score (nSPS) is 21.7. The fraction of sp³-hybridized carbons (Fsp3) is 0.500. The standard InChI is InChI=1S/C14H17NO3/c16-10-5-4-6-11-12(10)15-13(17)14(9-18-11)7-2-1-3-8-14/h4-6,16H,1-3,7-9H2,(H,15,17). The molecule has 4 nitrogen and oxygen atoms in total. The second-order valence-corrected chi connectivity index (χ2v) is 5.23. The number of benzene rings is 1. The van der Waals surface area contributed by atoms with E-state index in [4.69, 9.17) is 4.74 Å². The Balaban J connectivity index is 1.95. The summed E-state index contributed by atoms with van der Waals surface area (Å²) in [5.41, 5.74) is -0.00563. The molecule has 0 bridgehead atoms. The highest BCUT2D eigenvalue weighted by molar-refractivity contribution is 5.98. The number of anilines is 1. The lowest BCUT2D eigenvalue weighted by molar-refractivity contribution is -0.128. The van der Waals surface area contributed by atoms with Crippen LogP contribution in [0.3, 0.4) is 0 Å². The highest BCUT2D eigenvalue weighted by atomic mass is 16.5. The second-order valence-electron chi connectivity index (χ2n) is 5.23. The molecule has 0 unspecified atom stereocenters. The van der Waals surface area contributed by atoms with Crippen molar-refractivity contribution >= 4 is 11.6 Å². The molecule has 1 fully saturated rings. The van der Waals surface area contributed by atoms with Gasteiger partial charge in [-0.2, -0.15) is 0 Å². The number of hydrogen-bond acceptors (Lipinski definition) is 3. The average Bonchev–Trinajstić information content (AvgIpc) is 2.52. The first kappa shape index (κ1) is 11.4. The lowest BCUT2D eigenvalue weighted by Crippen LogP contribution is -2.41. The van der Waals surface area contributed by atoms with Crippen molar-refractivity contribution in [2.24, 2.45) is 5.41 Å². The third-order valence-electron chi connectivity index (χ3n) is 4.04. The van der Waals surface area contributed by atoms with E-state index < -0.39 is 5.41 Å². The molecule has 18 heavy (non-hydrogen) atoms. The zero-order valence-corrected chi connectivity index (χ0v) is 10.2. The van der Waals surface area contributed by atoms with E-state index in [0.717, 1.165) is 25.7 Å². The number of phenolic OH excluding ortho intramolecular Hbond substituents is 1. The van der Waals surface area contributed by atoms with Crippen molar-refractivity contribution in [3.8, 4) is 11.5 Å². The molecule has 1 aromatic rings. The van der Waals surface area contributed by atoms with Crippen LogP contribution in [0.25, 0.3) is 0 Å². The van der Waals surface area contributed by atoms with E-state index in [1.54, 1.807) is 18.2 Å². The Morgan fingerprint density at radius 3 is 2.78 bits per heavy atom. The van der Waals surface area contributed by atoms with Gasteiger partial charge in [0, 0.05) is 0 Å². The number of hydrogen-bond donors (Lipinski definition) is 2. The number of fused-ring (bicyclic) bond motifs is 1. The van der Waals surface area contributed by atoms with Crippen LogP contribution in [0.5, 0.6) is 11.5 Å². The second kappa shape index (κ2) is 4.19. The SMILES string of the molecule is O=C1Nc2c(O)cccc2OCC12CCCCC2. The van der Waals surface area contributed by atoms with Gasteiger partial charge < -0.3 is 15.2 Å². The van der Waals surface area contributed by atoms with Crippen molar-refractivity contribution in [3.63, 3.8) is 0 Å². The summed E-state index contributed by atoms with van der Waals surface area (Å²) in [5.74, 6) is 0.613. The van der Waals surface area contributed by atoms with Crippen molar-refractivity contribution in [3.05, 3.63) is 18.2 Å². The first-order valence-electron chi connectivity index (χ1n) is 6.48. The van der Waals surface area contributed by atoms with Gasteiger partial charge in [-0.05, 0) is 25.0 Å². The van der Waals surface area contributed by atoms with Crippen LogP contribution in [0.1, 0.15) is 32.1 Å². The summed E-state index contributed by atoms with van der Waals surface area (Å²) in [6.45, 7) is 0.412. The van der Waals surface area contributed by atoms with Crippen molar-refractivity contribution < 1.29 is 14.6 Å². The maximum Gasteiger partial charge on any atom is 0.234 e. The van der Waals surface area contributed by atoms with E-state index in [9.17, 15) is 9.90 Å². The number of nitrogens with one attached hydrogen (secondary N) is 1. The molecule has 0 aromatic heterocycles. The smallest absolute Gasteiger partial charge is 0.234 e. The third-order valence-corrected chi connectivity index (χ3v) is 4.04. The van der Waals surface area contributed by atoms with E-state index in [-0.39, 0.29) is 11.7 Å². The van der Waals surface area contributed by atoms with Crippen LogP contribution >= 0.6 is 0 Å². The molecule has 1 amide bonds. The number of phenols is 1. The fourth-order valence-electron chi connectivity index (χ4n) is 2.89. The molecule has 1 spiro atoms. The number of carbonyl (C=O) groups excluding carboxylic acids is 1.